The molecule has 0 atom stereocenters. The van der Waals surface area contributed by atoms with Crippen LogP contribution in [0.5, 0.6) is 0 Å². The maximum absolute atomic E-state index is 5.12. The molecule has 2 aromatic heterocycles. The van der Waals surface area contributed by atoms with Gasteiger partial charge in [0.15, 0.2) is 12.0 Å². The molecule has 180 valence electrons. The van der Waals surface area contributed by atoms with E-state index in [1.807, 2.05) is 13.8 Å². The predicted molar refractivity (Wildman–Crippen MR) is 136 cm³/mol. The van der Waals surface area contributed by atoms with E-state index in [9.17, 15) is 0 Å². The minimum atomic E-state index is 0.734. The van der Waals surface area contributed by atoms with Gasteiger partial charge in [0.1, 0.15) is 11.2 Å². The van der Waals surface area contributed by atoms with Crippen LogP contribution in [0.15, 0.2) is 10.8 Å². The largest absolute Gasteiger partial charge is 0.441 e. The zero-order chi connectivity index (χ0) is 23.2. The van der Waals surface area contributed by atoms with E-state index in [1.165, 1.54) is 109 Å². The number of hydrogen-bond acceptors (Lipinski definition) is 4. The van der Waals surface area contributed by atoms with Crippen LogP contribution in [0.3, 0.4) is 0 Å². The molecule has 31 heavy (non-hydrogen) atoms. The Morgan fingerprint density at radius 2 is 0.903 bits per heavy atom. The smallest absolute Gasteiger partial charge is 0.182 e. The van der Waals surface area contributed by atoms with Gasteiger partial charge in [-0.05, 0) is 13.8 Å². The number of nitrogens with zero attached hydrogens (tertiary/aromatic N) is 3. The van der Waals surface area contributed by atoms with E-state index in [0.29, 0.717) is 0 Å². The molecule has 0 saturated heterocycles. The Morgan fingerprint density at radius 3 is 1.26 bits per heavy atom. The highest BCUT2D eigenvalue weighted by Crippen LogP contribution is 2.15. The Bertz CT molecular complexity index is 556. The lowest BCUT2D eigenvalue weighted by Crippen LogP contribution is -1.90. The molecule has 0 radical (unpaired) electrons. The fraction of sp³-hybridized carbons (Fsp3) is 0.815. The Kier molecular flexibility index (Phi) is 20.8. The van der Waals surface area contributed by atoms with Crippen molar-refractivity contribution >= 4 is 11.1 Å². The molecular formula is C27H51N3O. The summed E-state index contributed by atoms with van der Waals surface area (Å²) >= 11 is 0. The molecule has 0 fully saturated rings. The summed E-state index contributed by atoms with van der Waals surface area (Å²) in [5.74, 6) is 0. The van der Waals surface area contributed by atoms with Gasteiger partial charge in [0.05, 0.1) is 5.69 Å². The van der Waals surface area contributed by atoms with E-state index < -0.39 is 0 Å². The van der Waals surface area contributed by atoms with Crippen molar-refractivity contribution in [1.82, 2.24) is 15.2 Å². The van der Waals surface area contributed by atoms with E-state index in [0.717, 1.165) is 22.5 Å². The summed E-state index contributed by atoms with van der Waals surface area (Å²) in [6.07, 6.45) is 24.3. The molecule has 4 heteroatoms. The van der Waals surface area contributed by atoms with Gasteiger partial charge in [-0.1, -0.05) is 130 Å². The molecule has 2 rings (SSSR count). The minimum absolute atomic E-state index is 0.734. The Balaban J connectivity index is 0.000000437. The maximum atomic E-state index is 5.12. The Labute approximate surface area is 193 Å². The highest BCUT2D eigenvalue weighted by molar-refractivity contribution is 5.75. The lowest BCUT2D eigenvalue weighted by molar-refractivity contribution is 0.585. The molecule has 0 aliphatic carbocycles. The number of rotatable bonds is 14. The van der Waals surface area contributed by atoms with Gasteiger partial charge in [0.25, 0.3) is 0 Å². The first-order valence-electron chi connectivity index (χ1n) is 13.1. The van der Waals surface area contributed by atoms with Crippen LogP contribution in [0.25, 0.3) is 11.1 Å². The van der Waals surface area contributed by atoms with Gasteiger partial charge in [0.2, 0.25) is 0 Å². The van der Waals surface area contributed by atoms with Gasteiger partial charge < -0.3 is 4.42 Å². The van der Waals surface area contributed by atoms with Crippen molar-refractivity contribution in [3.05, 3.63) is 17.8 Å². The standard InChI is InChI=1S/2C10H22.C7H7N3O/c2*1-3-5-7-9-10-8-6-4-2;1-4-6-7(11-3-8-6)5(2)10-9-4/h2*3-10H2,1-2H3;3H,1-2H3. The van der Waals surface area contributed by atoms with Crippen LogP contribution in [0.4, 0.5) is 0 Å². The number of oxazole rings is 1. The molecule has 2 heterocycles. The van der Waals surface area contributed by atoms with Crippen LogP contribution in [-0.2, 0) is 0 Å². The van der Waals surface area contributed by atoms with Gasteiger partial charge in [0, 0.05) is 0 Å². The summed E-state index contributed by atoms with van der Waals surface area (Å²) < 4.78 is 5.12. The van der Waals surface area contributed by atoms with E-state index in [-0.39, 0.29) is 0 Å². The fourth-order valence-electron chi connectivity index (χ4n) is 3.42. The van der Waals surface area contributed by atoms with Gasteiger partial charge in [-0.3, -0.25) is 0 Å². The maximum Gasteiger partial charge on any atom is 0.182 e. The molecule has 0 spiro atoms. The minimum Gasteiger partial charge on any atom is -0.441 e. The third kappa shape index (κ3) is 15.9. The Hall–Kier alpha value is -1.45. The van der Waals surface area contributed by atoms with Crippen molar-refractivity contribution in [2.24, 2.45) is 0 Å². The Morgan fingerprint density at radius 1 is 0.548 bits per heavy atom. The fourth-order valence-corrected chi connectivity index (χ4v) is 3.42. The molecule has 2 aromatic rings. The first-order chi connectivity index (χ1) is 15.1. The second-order valence-corrected chi connectivity index (χ2v) is 8.64. The number of aromatic nitrogens is 3. The lowest BCUT2D eigenvalue weighted by Gasteiger charge is -1.97. The summed E-state index contributed by atoms with van der Waals surface area (Å²) in [6.45, 7) is 12.8. The van der Waals surface area contributed by atoms with Crippen molar-refractivity contribution in [2.75, 3.05) is 0 Å². The third-order valence-corrected chi connectivity index (χ3v) is 5.50. The van der Waals surface area contributed by atoms with Crippen LogP contribution in [0.2, 0.25) is 0 Å². The number of unbranched alkanes of at least 4 members (excludes halogenated alkanes) is 14. The molecular weight excluding hydrogens is 382 g/mol. The summed E-state index contributed by atoms with van der Waals surface area (Å²) in [7, 11) is 0. The molecule has 0 amide bonds. The van der Waals surface area contributed by atoms with E-state index in [2.05, 4.69) is 42.9 Å². The van der Waals surface area contributed by atoms with Crippen LogP contribution in [0, 0.1) is 13.8 Å². The second kappa shape index (κ2) is 21.8. The highest BCUT2D eigenvalue weighted by atomic mass is 16.3. The average molecular weight is 434 g/mol. The van der Waals surface area contributed by atoms with Gasteiger partial charge in [-0.15, -0.1) is 0 Å². The molecule has 0 unspecified atom stereocenters. The van der Waals surface area contributed by atoms with Crippen molar-refractivity contribution in [1.29, 1.82) is 0 Å². The monoisotopic (exact) mass is 433 g/mol. The molecule has 0 aromatic carbocycles. The predicted octanol–water partition coefficient (Wildman–Crippen LogP) is 9.53. The number of fused-ring (bicyclic) bond motifs is 1. The zero-order valence-electron chi connectivity index (χ0n) is 21.6. The topological polar surface area (TPSA) is 51.8 Å². The second-order valence-electron chi connectivity index (χ2n) is 8.64. The summed E-state index contributed by atoms with van der Waals surface area (Å²) in [5.41, 5.74) is 3.12. The van der Waals surface area contributed by atoms with E-state index >= 15 is 0 Å². The van der Waals surface area contributed by atoms with Crippen LogP contribution in [0.1, 0.15) is 142 Å². The molecule has 0 bridgehead atoms. The molecule has 0 N–H and O–H groups in total. The summed E-state index contributed by atoms with van der Waals surface area (Å²) in [5, 5.41) is 7.80. The van der Waals surface area contributed by atoms with E-state index in [4.69, 9.17) is 4.42 Å². The van der Waals surface area contributed by atoms with Crippen molar-refractivity contribution in [2.45, 2.75) is 144 Å². The lowest BCUT2D eigenvalue weighted by atomic mass is 10.1. The number of hydrogen-bond donors (Lipinski definition) is 0. The van der Waals surface area contributed by atoms with Crippen molar-refractivity contribution < 1.29 is 4.42 Å². The van der Waals surface area contributed by atoms with Crippen LogP contribution in [-0.4, -0.2) is 15.2 Å². The van der Waals surface area contributed by atoms with Gasteiger partial charge in [-0.2, -0.15) is 10.2 Å². The normalized spacial score (nSPS) is 10.4. The first kappa shape index (κ1) is 29.5. The van der Waals surface area contributed by atoms with Crippen molar-refractivity contribution in [3.63, 3.8) is 0 Å². The number of aryl methyl sites for hydroxylation is 2. The molecule has 4 nitrogen and oxygen atoms in total. The van der Waals surface area contributed by atoms with Crippen molar-refractivity contribution in [3.8, 4) is 0 Å². The van der Waals surface area contributed by atoms with Gasteiger partial charge in [-0.25, -0.2) is 4.98 Å². The average Bonchev–Trinajstić information content (AvgIpc) is 3.28. The summed E-state index contributed by atoms with van der Waals surface area (Å²) in [6, 6.07) is 0. The molecule has 0 aliphatic heterocycles. The summed E-state index contributed by atoms with van der Waals surface area (Å²) in [4.78, 5) is 4.01. The van der Waals surface area contributed by atoms with Crippen LogP contribution >= 0.6 is 0 Å². The molecule has 0 aliphatic rings. The van der Waals surface area contributed by atoms with Gasteiger partial charge >= 0.3 is 0 Å². The molecule has 0 saturated carbocycles. The van der Waals surface area contributed by atoms with Crippen LogP contribution < -0.4 is 0 Å². The SMILES string of the molecule is CCCCCCCCCC.CCCCCCCCCC.Cc1nnc(C)c2ocnc12. The third-order valence-electron chi connectivity index (χ3n) is 5.50. The quantitative estimate of drug-likeness (QED) is 0.278. The zero-order valence-corrected chi connectivity index (χ0v) is 21.6. The van der Waals surface area contributed by atoms with E-state index in [1.54, 1.807) is 0 Å². The highest BCUT2D eigenvalue weighted by Gasteiger charge is 2.06. The first-order valence-corrected chi connectivity index (χ1v) is 13.1.